The number of alkyl halides is 6. The quantitative estimate of drug-likeness (QED) is 0.186. The zero-order chi connectivity index (χ0) is 32.0. The fourth-order valence-corrected chi connectivity index (χ4v) is 4.97. The number of nitrogens with zero attached hydrogens (tertiary/aromatic N) is 4. The molecule has 0 bridgehead atoms. The number of halogens is 8. The van der Waals surface area contributed by atoms with Crippen molar-refractivity contribution in [1.82, 2.24) is 15.2 Å². The van der Waals surface area contributed by atoms with Gasteiger partial charge in [0.05, 0.1) is 44.2 Å². The van der Waals surface area contributed by atoms with Crippen molar-refractivity contribution in [2.45, 2.75) is 38.3 Å². The molecule has 9 nitrogen and oxygen atoms in total. The topological polar surface area (TPSA) is 134 Å². The fraction of sp³-hybridized carbons (Fsp3) is 0.231. The molecule has 0 fully saturated rings. The van der Waals surface area contributed by atoms with E-state index in [-0.39, 0.29) is 33.7 Å². The summed E-state index contributed by atoms with van der Waals surface area (Å²) in [6.07, 6.45) is -8.31. The molecule has 0 saturated heterocycles. The van der Waals surface area contributed by atoms with Crippen molar-refractivity contribution < 1.29 is 35.9 Å². The number of amides is 4. The van der Waals surface area contributed by atoms with Crippen molar-refractivity contribution in [3.63, 3.8) is 0 Å². The van der Waals surface area contributed by atoms with E-state index in [1.807, 2.05) is 0 Å². The molecule has 0 radical (unpaired) electrons. The second-order valence-corrected chi connectivity index (χ2v) is 10.2. The van der Waals surface area contributed by atoms with Crippen LogP contribution in [-0.4, -0.2) is 27.2 Å². The number of benzene rings is 2. The number of hydrogen-bond acceptors (Lipinski definition) is 4. The third kappa shape index (κ3) is 6.27. The predicted molar refractivity (Wildman–Crippen MR) is 148 cm³/mol. The molecule has 0 aliphatic rings. The van der Waals surface area contributed by atoms with Crippen molar-refractivity contribution in [2.75, 3.05) is 9.80 Å². The molecule has 4 amide bonds. The molecule has 2 aromatic carbocycles. The highest BCUT2D eigenvalue weighted by Gasteiger charge is 2.36. The average Bonchev–Trinajstić information content (AvgIpc) is 3.30. The molecule has 4 aromatic rings. The number of carbonyl (C=O) groups is 2. The Hall–Kier alpha value is -4.24. The number of H-pyrrole nitrogens is 1. The average molecular weight is 648 g/mol. The van der Waals surface area contributed by atoms with Crippen LogP contribution >= 0.6 is 23.2 Å². The van der Waals surface area contributed by atoms with Crippen LogP contribution in [0, 0.1) is 0 Å². The second kappa shape index (κ2) is 11.4. The van der Waals surface area contributed by atoms with Crippen LogP contribution in [-0.2, 0) is 12.4 Å². The van der Waals surface area contributed by atoms with E-state index < -0.39 is 57.7 Å². The second-order valence-electron chi connectivity index (χ2n) is 9.38. The number of primary amides is 2. The van der Waals surface area contributed by atoms with Gasteiger partial charge in [-0.2, -0.15) is 31.4 Å². The maximum Gasteiger partial charge on any atom is 0.417 e. The Bertz CT molecular complexity index is 1710. The largest absolute Gasteiger partial charge is 0.417 e. The van der Waals surface area contributed by atoms with E-state index in [4.69, 9.17) is 34.7 Å². The summed E-state index contributed by atoms with van der Waals surface area (Å²) >= 11 is 11.4. The van der Waals surface area contributed by atoms with Gasteiger partial charge in [0.1, 0.15) is 5.82 Å². The van der Waals surface area contributed by atoms with E-state index in [9.17, 15) is 35.9 Å². The van der Waals surface area contributed by atoms with E-state index in [0.29, 0.717) is 0 Å². The number of rotatable bonds is 6. The summed E-state index contributed by atoms with van der Waals surface area (Å²) in [6.45, 7) is 2.85. The standard InChI is InChI=1S/C26H21Cl2F6N7O2/c1-11(13-3-5-18(27)16(7-13)25(29,30)31)40(23(35)42)21-9-20-15(10-37-21)22(39-38-20)41(24(36)43)12(2)14-4-6-19(28)17(8-14)26(32,33)34/h3-12H,1-2H3,(H2,35,42)(H2,36,43)(H,38,39)/t11-,12-/m1/s1. The number of anilines is 2. The van der Waals surface area contributed by atoms with E-state index in [1.165, 1.54) is 38.2 Å². The molecule has 2 heterocycles. The Labute approximate surface area is 249 Å². The number of aromatic amines is 1. The molecule has 43 heavy (non-hydrogen) atoms. The summed E-state index contributed by atoms with van der Waals surface area (Å²) in [7, 11) is 0. The third-order valence-corrected chi connectivity index (χ3v) is 7.35. The number of hydrogen-bond donors (Lipinski definition) is 3. The molecular weight excluding hydrogens is 627 g/mol. The molecular formula is C26H21Cl2F6N7O2. The van der Waals surface area contributed by atoms with Gasteiger partial charge >= 0.3 is 24.4 Å². The molecule has 0 aliphatic heterocycles. The number of nitrogens with one attached hydrogen (secondary N) is 1. The fourth-order valence-electron chi connectivity index (χ4n) is 4.52. The lowest BCUT2D eigenvalue weighted by atomic mass is 10.0. The molecule has 0 aliphatic carbocycles. The van der Waals surface area contributed by atoms with Gasteiger partial charge in [-0.15, -0.1) is 0 Å². The number of nitrogens with two attached hydrogens (primary N) is 2. The smallest absolute Gasteiger partial charge is 0.351 e. The monoisotopic (exact) mass is 647 g/mol. The molecule has 2 aromatic heterocycles. The van der Waals surface area contributed by atoms with E-state index in [1.54, 1.807) is 0 Å². The third-order valence-electron chi connectivity index (χ3n) is 6.69. The first kappa shape index (κ1) is 31.7. The molecule has 228 valence electrons. The number of carbonyl (C=O) groups excluding carboxylic acids is 2. The van der Waals surface area contributed by atoms with Gasteiger partial charge in [-0.1, -0.05) is 35.3 Å². The summed E-state index contributed by atoms with van der Waals surface area (Å²) in [5.41, 5.74) is 9.24. The zero-order valence-electron chi connectivity index (χ0n) is 22.1. The Balaban J connectivity index is 1.73. The first-order valence-corrected chi connectivity index (χ1v) is 12.9. The molecule has 0 saturated carbocycles. The van der Waals surface area contributed by atoms with Gasteiger partial charge in [-0.25, -0.2) is 14.6 Å². The van der Waals surface area contributed by atoms with Gasteiger partial charge in [0.2, 0.25) is 0 Å². The molecule has 5 N–H and O–H groups in total. The first-order valence-electron chi connectivity index (χ1n) is 12.2. The Morgan fingerprint density at radius 2 is 1.28 bits per heavy atom. The van der Waals surface area contributed by atoms with E-state index in [2.05, 4.69) is 15.2 Å². The van der Waals surface area contributed by atoms with Crippen LogP contribution in [0.5, 0.6) is 0 Å². The van der Waals surface area contributed by atoms with Crippen LogP contribution in [0.4, 0.5) is 47.6 Å². The molecule has 0 unspecified atom stereocenters. The molecule has 4 rings (SSSR count). The van der Waals surface area contributed by atoms with E-state index in [0.717, 1.165) is 34.1 Å². The first-order chi connectivity index (χ1) is 19.9. The van der Waals surface area contributed by atoms with Crippen molar-refractivity contribution >= 4 is 57.8 Å². The molecule has 0 spiro atoms. The van der Waals surface area contributed by atoms with Crippen LogP contribution in [0.15, 0.2) is 48.7 Å². The Morgan fingerprint density at radius 1 is 0.814 bits per heavy atom. The lowest BCUT2D eigenvalue weighted by molar-refractivity contribution is -0.138. The van der Waals surface area contributed by atoms with Crippen LogP contribution < -0.4 is 21.3 Å². The minimum Gasteiger partial charge on any atom is -0.351 e. The van der Waals surface area contributed by atoms with Crippen molar-refractivity contribution in [3.05, 3.63) is 81.0 Å². The zero-order valence-corrected chi connectivity index (χ0v) is 23.6. The maximum absolute atomic E-state index is 13.4. The highest BCUT2D eigenvalue weighted by molar-refractivity contribution is 6.31. The minimum absolute atomic E-state index is 0.0474. The summed E-state index contributed by atoms with van der Waals surface area (Å²) in [6, 6.07) is 3.40. The summed E-state index contributed by atoms with van der Waals surface area (Å²) in [5.74, 6) is -0.179. The summed E-state index contributed by atoms with van der Waals surface area (Å²) < 4.78 is 80.6. The van der Waals surface area contributed by atoms with Crippen LogP contribution in [0.1, 0.15) is 48.2 Å². The molecule has 17 heteroatoms. The lowest BCUT2D eigenvalue weighted by Gasteiger charge is -2.28. The van der Waals surface area contributed by atoms with Crippen molar-refractivity contribution in [2.24, 2.45) is 11.5 Å². The van der Waals surface area contributed by atoms with Gasteiger partial charge in [-0.05, 0) is 49.2 Å². The van der Waals surface area contributed by atoms with Crippen LogP contribution in [0.25, 0.3) is 10.9 Å². The Morgan fingerprint density at radius 3 is 1.72 bits per heavy atom. The number of pyridine rings is 1. The number of fused-ring (bicyclic) bond motifs is 1. The lowest BCUT2D eigenvalue weighted by Crippen LogP contribution is -2.38. The number of urea groups is 2. The maximum atomic E-state index is 13.4. The SMILES string of the molecule is C[C@H](c1ccc(Cl)c(C(F)(F)F)c1)N(C(N)=O)c1cc2[nH]nc(N(C(N)=O)[C@H](C)c3ccc(Cl)c(C(F)(F)F)c3)c2cn1. The van der Waals surface area contributed by atoms with Gasteiger partial charge in [0.15, 0.2) is 5.82 Å². The van der Waals surface area contributed by atoms with Gasteiger partial charge in [0.25, 0.3) is 0 Å². The van der Waals surface area contributed by atoms with Gasteiger partial charge < -0.3 is 11.5 Å². The van der Waals surface area contributed by atoms with E-state index >= 15 is 0 Å². The number of aromatic nitrogens is 3. The highest BCUT2D eigenvalue weighted by Crippen LogP contribution is 2.40. The summed E-state index contributed by atoms with van der Waals surface area (Å²) in [4.78, 5) is 31.0. The van der Waals surface area contributed by atoms with Crippen LogP contribution in [0.3, 0.4) is 0 Å². The predicted octanol–water partition coefficient (Wildman–Crippen LogP) is 7.59. The molecule has 2 atom stereocenters. The van der Waals surface area contributed by atoms with Gasteiger partial charge in [0, 0.05) is 12.3 Å². The van der Waals surface area contributed by atoms with Gasteiger partial charge in [-0.3, -0.25) is 14.9 Å². The summed E-state index contributed by atoms with van der Waals surface area (Å²) in [5, 5.41) is 5.85. The Kier molecular flexibility index (Phi) is 8.44. The van der Waals surface area contributed by atoms with Crippen molar-refractivity contribution in [3.8, 4) is 0 Å². The highest BCUT2D eigenvalue weighted by atomic mass is 35.5. The normalized spacial score (nSPS) is 13.5. The minimum atomic E-state index is -4.76. The van der Waals surface area contributed by atoms with Crippen LogP contribution in [0.2, 0.25) is 10.0 Å². The van der Waals surface area contributed by atoms with Crippen molar-refractivity contribution in [1.29, 1.82) is 0 Å².